The molecule has 0 aromatic heterocycles. The van der Waals surface area contributed by atoms with Crippen molar-refractivity contribution in [3.8, 4) is 0 Å². The third-order valence-electron chi connectivity index (χ3n) is 2.62. The number of hydrogen-bond acceptors (Lipinski definition) is 3. The van der Waals surface area contributed by atoms with Gasteiger partial charge in [-0.2, -0.15) is 0 Å². The van der Waals surface area contributed by atoms with Crippen molar-refractivity contribution < 1.29 is 14.3 Å². The highest BCUT2D eigenvalue weighted by molar-refractivity contribution is 5.69. The van der Waals surface area contributed by atoms with Gasteiger partial charge in [-0.25, -0.2) is 4.79 Å². The molecule has 0 radical (unpaired) electrons. The lowest BCUT2D eigenvalue weighted by Gasteiger charge is -2.27. The Morgan fingerprint density at radius 1 is 1.50 bits per heavy atom. The number of nitrogens with zero attached hydrogens (tertiary/aromatic N) is 1. The van der Waals surface area contributed by atoms with Crippen LogP contribution in [-0.4, -0.2) is 35.5 Å². The highest BCUT2D eigenvalue weighted by atomic mass is 16.6. The molecular formula is C12H21NO3. The zero-order valence-electron chi connectivity index (χ0n) is 10.5. The molecule has 0 bridgehead atoms. The van der Waals surface area contributed by atoms with Crippen molar-refractivity contribution in [3.05, 3.63) is 0 Å². The van der Waals surface area contributed by atoms with E-state index in [1.54, 1.807) is 4.90 Å². The van der Waals surface area contributed by atoms with Crippen LogP contribution in [0.5, 0.6) is 0 Å². The minimum atomic E-state index is -0.478. The average Bonchev–Trinajstić information content (AvgIpc) is 2.44. The van der Waals surface area contributed by atoms with Crippen LogP contribution in [0, 0.1) is 5.92 Å². The number of likely N-dealkylation sites (tertiary alicyclic amines) is 1. The molecule has 4 heteroatoms. The summed E-state index contributed by atoms with van der Waals surface area (Å²) in [6.45, 7) is 8.31. The number of ether oxygens (including phenoxy) is 1. The Morgan fingerprint density at radius 2 is 2.12 bits per heavy atom. The summed E-state index contributed by atoms with van der Waals surface area (Å²) in [6, 6.07) is 0.0161. The van der Waals surface area contributed by atoms with Crippen LogP contribution >= 0.6 is 0 Å². The monoisotopic (exact) mass is 227 g/mol. The first kappa shape index (κ1) is 13.0. The van der Waals surface area contributed by atoms with Crippen LogP contribution in [0.2, 0.25) is 0 Å². The highest BCUT2D eigenvalue weighted by Crippen LogP contribution is 2.26. The molecule has 0 aromatic rings. The quantitative estimate of drug-likeness (QED) is 0.679. The second-order valence-electron chi connectivity index (χ2n) is 5.53. The molecule has 1 rings (SSSR count). The Hall–Kier alpha value is -1.06. The van der Waals surface area contributed by atoms with E-state index in [-0.39, 0.29) is 12.1 Å². The van der Waals surface area contributed by atoms with E-state index in [2.05, 4.69) is 6.92 Å². The SMILES string of the molecule is C[C@@H]1CC(CC=O)N(C(=O)OC(C)(C)C)C1. The second kappa shape index (κ2) is 4.85. The molecule has 92 valence electrons. The summed E-state index contributed by atoms with van der Waals surface area (Å²) >= 11 is 0. The standard InChI is InChI=1S/C12H21NO3/c1-9-7-10(5-6-14)13(8-9)11(15)16-12(2,3)4/h6,9-10H,5,7-8H2,1-4H3/t9-,10?/m1/s1. The molecule has 0 spiro atoms. The number of hydrogen-bond donors (Lipinski definition) is 0. The van der Waals surface area contributed by atoms with Crippen LogP contribution in [0.3, 0.4) is 0 Å². The van der Waals surface area contributed by atoms with Gasteiger partial charge in [0.05, 0.1) is 0 Å². The fourth-order valence-electron chi connectivity index (χ4n) is 2.03. The smallest absolute Gasteiger partial charge is 0.410 e. The topological polar surface area (TPSA) is 46.6 Å². The van der Waals surface area contributed by atoms with Crippen LogP contribution in [0.4, 0.5) is 4.79 Å². The molecule has 4 nitrogen and oxygen atoms in total. The first-order valence-corrected chi connectivity index (χ1v) is 5.76. The molecule has 1 aliphatic heterocycles. The Bertz CT molecular complexity index is 270. The maximum absolute atomic E-state index is 11.9. The van der Waals surface area contributed by atoms with Crippen LogP contribution < -0.4 is 0 Å². The number of carbonyl (C=O) groups is 2. The minimum absolute atomic E-state index is 0.0161. The van der Waals surface area contributed by atoms with Gasteiger partial charge in [-0.05, 0) is 33.1 Å². The normalized spacial score (nSPS) is 25.6. The molecule has 1 heterocycles. The molecule has 0 N–H and O–H groups in total. The minimum Gasteiger partial charge on any atom is -0.444 e. The Kier molecular flexibility index (Phi) is 3.94. The van der Waals surface area contributed by atoms with E-state index >= 15 is 0 Å². The summed E-state index contributed by atoms with van der Waals surface area (Å²) in [6.07, 6.45) is 1.87. The van der Waals surface area contributed by atoms with Crippen molar-refractivity contribution in [2.24, 2.45) is 5.92 Å². The van der Waals surface area contributed by atoms with Crippen molar-refractivity contribution in [3.63, 3.8) is 0 Å². The number of carbonyl (C=O) groups excluding carboxylic acids is 2. The van der Waals surface area contributed by atoms with E-state index in [4.69, 9.17) is 4.74 Å². The van der Waals surface area contributed by atoms with Gasteiger partial charge >= 0.3 is 6.09 Å². The highest BCUT2D eigenvalue weighted by Gasteiger charge is 2.35. The van der Waals surface area contributed by atoms with Gasteiger partial charge in [-0.15, -0.1) is 0 Å². The summed E-state index contributed by atoms with van der Waals surface area (Å²) in [5.41, 5.74) is -0.478. The van der Waals surface area contributed by atoms with Gasteiger partial charge in [-0.1, -0.05) is 6.92 Å². The van der Waals surface area contributed by atoms with Gasteiger partial charge < -0.3 is 14.4 Å². The molecular weight excluding hydrogens is 206 g/mol. The number of rotatable bonds is 2. The lowest BCUT2D eigenvalue weighted by atomic mass is 10.1. The van der Waals surface area contributed by atoms with Gasteiger partial charge in [0.2, 0.25) is 0 Å². The Balaban J connectivity index is 2.63. The van der Waals surface area contributed by atoms with E-state index in [1.165, 1.54) is 0 Å². The molecule has 0 aromatic carbocycles. The number of amides is 1. The molecule has 1 unspecified atom stereocenters. The van der Waals surface area contributed by atoms with E-state index in [0.717, 1.165) is 12.7 Å². The fraction of sp³-hybridized carbons (Fsp3) is 0.833. The van der Waals surface area contributed by atoms with E-state index in [0.29, 0.717) is 18.9 Å². The van der Waals surface area contributed by atoms with Gasteiger partial charge in [0.15, 0.2) is 0 Å². The van der Waals surface area contributed by atoms with E-state index < -0.39 is 5.60 Å². The maximum Gasteiger partial charge on any atom is 0.410 e. The Morgan fingerprint density at radius 3 is 2.62 bits per heavy atom. The molecule has 1 amide bonds. The second-order valence-corrected chi connectivity index (χ2v) is 5.53. The fourth-order valence-corrected chi connectivity index (χ4v) is 2.03. The molecule has 0 saturated carbocycles. The lowest BCUT2D eigenvalue weighted by Crippen LogP contribution is -2.40. The van der Waals surface area contributed by atoms with E-state index in [9.17, 15) is 9.59 Å². The van der Waals surface area contributed by atoms with Crippen molar-refractivity contribution in [1.29, 1.82) is 0 Å². The zero-order chi connectivity index (χ0) is 12.3. The van der Waals surface area contributed by atoms with Crippen molar-refractivity contribution in [1.82, 2.24) is 4.90 Å². The first-order chi connectivity index (χ1) is 7.33. The van der Waals surface area contributed by atoms with Gasteiger partial charge in [0, 0.05) is 19.0 Å². The van der Waals surface area contributed by atoms with Gasteiger partial charge in [0.1, 0.15) is 11.9 Å². The third kappa shape index (κ3) is 3.51. The summed E-state index contributed by atoms with van der Waals surface area (Å²) in [4.78, 5) is 24.1. The first-order valence-electron chi connectivity index (χ1n) is 5.76. The van der Waals surface area contributed by atoms with Crippen LogP contribution in [0.25, 0.3) is 0 Å². The van der Waals surface area contributed by atoms with Crippen LogP contribution in [-0.2, 0) is 9.53 Å². The van der Waals surface area contributed by atoms with Crippen LogP contribution in [0.15, 0.2) is 0 Å². The van der Waals surface area contributed by atoms with Crippen molar-refractivity contribution >= 4 is 12.4 Å². The van der Waals surface area contributed by atoms with Crippen molar-refractivity contribution in [2.75, 3.05) is 6.54 Å². The van der Waals surface area contributed by atoms with E-state index in [1.807, 2.05) is 20.8 Å². The molecule has 0 aliphatic carbocycles. The molecule has 1 saturated heterocycles. The molecule has 1 aliphatic rings. The maximum atomic E-state index is 11.9. The largest absolute Gasteiger partial charge is 0.444 e. The summed E-state index contributed by atoms with van der Waals surface area (Å²) in [5, 5.41) is 0. The zero-order valence-corrected chi connectivity index (χ0v) is 10.5. The molecule has 16 heavy (non-hydrogen) atoms. The average molecular weight is 227 g/mol. The number of aldehydes is 1. The molecule has 1 fully saturated rings. The molecule has 2 atom stereocenters. The van der Waals surface area contributed by atoms with Gasteiger partial charge in [-0.3, -0.25) is 0 Å². The summed E-state index contributed by atoms with van der Waals surface area (Å²) in [7, 11) is 0. The predicted octanol–water partition coefficient (Wildman–Crippen LogP) is 2.22. The Labute approximate surface area is 96.9 Å². The predicted molar refractivity (Wildman–Crippen MR) is 61.2 cm³/mol. The summed E-state index contributed by atoms with van der Waals surface area (Å²) in [5.74, 6) is 0.442. The third-order valence-corrected chi connectivity index (χ3v) is 2.62. The van der Waals surface area contributed by atoms with Crippen molar-refractivity contribution in [2.45, 2.75) is 52.2 Å². The van der Waals surface area contributed by atoms with Gasteiger partial charge in [0.25, 0.3) is 0 Å². The lowest BCUT2D eigenvalue weighted by molar-refractivity contribution is -0.108. The van der Waals surface area contributed by atoms with Crippen LogP contribution in [0.1, 0.15) is 40.5 Å². The summed E-state index contributed by atoms with van der Waals surface area (Å²) < 4.78 is 5.32.